The molecule has 0 aromatic heterocycles. The van der Waals surface area contributed by atoms with E-state index in [1.165, 1.54) is 4.90 Å². The second kappa shape index (κ2) is 11.2. The van der Waals surface area contributed by atoms with Gasteiger partial charge in [-0.05, 0) is 57.9 Å². The highest BCUT2D eigenvalue weighted by molar-refractivity contribution is 7.92. The molecule has 2 amide bonds. The maximum atomic E-state index is 13.6. The van der Waals surface area contributed by atoms with Crippen LogP contribution in [0.15, 0.2) is 48.5 Å². The summed E-state index contributed by atoms with van der Waals surface area (Å²) in [5, 5.41) is 3.39. The molecule has 0 aliphatic heterocycles. The van der Waals surface area contributed by atoms with Crippen molar-refractivity contribution in [2.75, 3.05) is 17.1 Å². The Morgan fingerprint density at radius 2 is 1.65 bits per heavy atom. The zero-order valence-corrected chi connectivity index (χ0v) is 22.2. The van der Waals surface area contributed by atoms with Gasteiger partial charge in [-0.25, -0.2) is 8.42 Å². The second-order valence-corrected chi connectivity index (χ2v) is 11.7. The van der Waals surface area contributed by atoms with Crippen LogP contribution in [-0.2, 0) is 26.2 Å². The van der Waals surface area contributed by atoms with Gasteiger partial charge in [0.25, 0.3) is 0 Å². The summed E-state index contributed by atoms with van der Waals surface area (Å²) >= 11 is 6.35. The molecule has 2 rings (SSSR count). The number of hydrogen-bond donors (Lipinski definition) is 1. The molecule has 0 aliphatic carbocycles. The van der Waals surface area contributed by atoms with Gasteiger partial charge in [0.15, 0.2) is 0 Å². The smallest absolute Gasteiger partial charge is 0.244 e. The van der Waals surface area contributed by atoms with Crippen molar-refractivity contribution in [3.8, 4) is 0 Å². The Bertz CT molecular complexity index is 1110. The maximum Gasteiger partial charge on any atom is 0.244 e. The van der Waals surface area contributed by atoms with Gasteiger partial charge in [-0.3, -0.25) is 13.9 Å². The molecule has 34 heavy (non-hydrogen) atoms. The molecule has 7 nitrogen and oxygen atoms in total. The fourth-order valence-corrected chi connectivity index (χ4v) is 4.55. The van der Waals surface area contributed by atoms with Gasteiger partial charge >= 0.3 is 0 Å². The van der Waals surface area contributed by atoms with Crippen molar-refractivity contribution in [1.82, 2.24) is 10.2 Å². The fraction of sp³-hybridized carbons (Fsp3) is 0.440. The van der Waals surface area contributed by atoms with E-state index in [9.17, 15) is 18.0 Å². The van der Waals surface area contributed by atoms with Crippen LogP contribution in [0.2, 0.25) is 5.02 Å². The number of nitrogens with zero attached hydrogens (tertiary/aromatic N) is 2. The third-order valence-corrected chi connectivity index (χ3v) is 6.69. The quantitative estimate of drug-likeness (QED) is 0.552. The predicted octanol–water partition coefficient (Wildman–Crippen LogP) is 4.14. The van der Waals surface area contributed by atoms with Gasteiger partial charge in [0, 0.05) is 17.1 Å². The van der Waals surface area contributed by atoms with Gasteiger partial charge in [-0.15, -0.1) is 0 Å². The van der Waals surface area contributed by atoms with Crippen LogP contribution in [0.25, 0.3) is 0 Å². The molecule has 186 valence electrons. The molecule has 1 N–H and O–H groups in total. The Kier molecular flexibility index (Phi) is 9.14. The molecule has 0 heterocycles. The monoisotopic (exact) mass is 507 g/mol. The zero-order valence-electron chi connectivity index (χ0n) is 20.6. The fourth-order valence-electron chi connectivity index (χ4n) is 3.51. The number of hydrogen-bond acceptors (Lipinski definition) is 4. The molecule has 0 fully saturated rings. The lowest BCUT2D eigenvalue weighted by molar-refractivity contribution is -0.141. The molecule has 0 saturated heterocycles. The van der Waals surface area contributed by atoms with E-state index in [-0.39, 0.29) is 12.5 Å². The van der Waals surface area contributed by atoms with Crippen LogP contribution < -0.4 is 9.62 Å². The second-order valence-electron chi connectivity index (χ2n) is 9.38. The normalized spacial score (nSPS) is 12.7. The summed E-state index contributed by atoms with van der Waals surface area (Å²) in [7, 11) is -3.76. The number of amides is 2. The Morgan fingerprint density at radius 3 is 2.15 bits per heavy atom. The Labute approximate surface area is 208 Å². The van der Waals surface area contributed by atoms with Crippen LogP contribution in [0, 0.1) is 6.92 Å². The van der Waals surface area contributed by atoms with Crippen molar-refractivity contribution in [2.45, 2.75) is 59.2 Å². The first-order chi connectivity index (χ1) is 15.7. The number of anilines is 1. The predicted molar refractivity (Wildman–Crippen MR) is 137 cm³/mol. The van der Waals surface area contributed by atoms with E-state index in [2.05, 4.69) is 5.32 Å². The summed E-state index contributed by atoms with van der Waals surface area (Å²) in [6.07, 6.45) is 1.41. The average molecular weight is 508 g/mol. The molecule has 2 aromatic rings. The summed E-state index contributed by atoms with van der Waals surface area (Å²) < 4.78 is 26.3. The molecular formula is C25H34ClN3O4S. The standard InChI is InChI=1S/C25H34ClN3O4S/c1-7-22(24(31)27-25(3,4)5)28(16-19-10-8-9-11-21(19)26)23(30)17-29(34(6,32)33)20-14-12-18(2)13-15-20/h8-15,22H,7,16-17H2,1-6H3,(H,27,31)/t22-/m1/s1. The SMILES string of the molecule is CC[C@H](C(=O)NC(C)(C)C)N(Cc1ccccc1Cl)C(=O)CN(c1ccc(C)cc1)S(C)(=O)=O. The van der Waals surface area contributed by atoms with Gasteiger partial charge in [0.1, 0.15) is 12.6 Å². The van der Waals surface area contributed by atoms with Gasteiger partial charge in [-0.1, -0.05) is 54.4 Å². The summed E-state index contributed by atoms with van der Waals surface area (Å²) in [5.41, 5.74) is 1.52. The summed E-state index contributed by atoms with van der Waals surface area (Å²) in [6, 6.07) is 13.2. The van der Waals surface area contributed by atoms with Crippen LogP contribution in [0.4, 0.5) is 5.69 Å². The van der Waals surface area contributed by atoms with Gasteiger partial charge in [0.2, 0.25) is 21.8 Å². The van der Waals surface area contributed by atoms with Crippen molar-refractivity contribution in [3.63, 3.8) is 0 Å². The van der Waals surface area contributed by atoms with Gasteiger partial charge in [-0.2, -0.15) is 0 Å². The first-order valence-corrected chi connectivity index (χ1v) is 13.3. The zero-order chi connectivity index (χ0) is 25.7. The van der Waals surface area contributed by atoms with Crippen LogP contribution in [0.1, 0.15) is 45.2 Å². The maximum absolute atomic E-state index is 13.6. The Balaban J connectivity index is 2.46. The number of halogens is 1. The summed E-state index contributed by atoms with van der Waals surface area (Å²) in [4.78, 5) is 28.2. The number of aryl methyl sites for hydroxylation is 1. The average Bonchev–Trinajstić information content (AvgIpc) is 2.71. The van der Waals surface area contributed by atoms with Crippen molar-refractivity contribution in [3.05, 3.63) is 64.7 Å². The molecule has 0 spiro atoms. The van der Waals surface area contributed by atoms with Crippen LogP contribution in [-0.4, -0.2) is 49.5 Å². The van der Waals surface area contributed by atoms with Crippen LogP contribution in [0.5, 0.6) is 0 Å². The molecule has 0 radical (unpaired) electrons. The number of rotatable bonds is 9. The molecule has 2 aromatic carbocycles. The minimum Gasteiger partial charge on any atom is -0.350 e. The lowest BCUT2D eigenvalue weighted by atomic mass is 10.1. The number of sulfonamides is 1. The molecule has 0 aliphatic rings. The highest BCUT2D eigenvalue weighted by atomic mass is 35.5. The van der Waals surface area contributed by atoms with E-state index in [0.29, 0.717) is 22.7 Å². The number of carbonyl (C=O) groups is 2. The first kappa shape index (κ1) is 27.7. The summed E-state index contributed by atoms with van der Waals surface area (Å²) in [6.45, 7) is 8.92. The first-order valence-electron chi connectivity index (χ1n) is 11.1. The topological polar surface area (TPSA) is 86.8 Å². The number of nitrogens with one attached hydrogen (secondary N) is 1. The molecule has 0 bridgehead atoms. The molecular weight excluding hydrogens is 474 g/mol. The van der Waals surface area contributed by atoms with Crippen molar-refractivity contribution >= 4 is 39.1 Å². The van der Waals surface area contributed by atoms with Crippen molar-refractivity contribution in [1.29, 1.82) is 0 Å². The minimum atomic E-state index is -3.76. The Hall–Kier alpha value is -2.58. The van der Waals surface area contributed by atoms with Gasteiger partial charge in [0.05, 0.1) is 11.9 Å². The van der Waals surface area contributed by atoms with E-state index < -0.39 is 34.1 Å². The van der Waals surface area contributed by atoms with Crippen LogP contribution in [0.3, 0.4) is 0 Å². The number of benzene rings is 2. The van der Waals surface area contributed by atoms with E-state index >= 15 is 0 Å². The van der Waals surface area contributed by atoms with Crippen molar-refractivity contribution < 1.29 is 18.0 Å². The largest absolute Gasteiger partial charge is 0.350 e. The van der Waals surface area contributed by atoms with Crippen molar-refractivity contribution in [2.24, 2.45) is 0 Å². The summed E-state index contributed by atoms with van der Waals surface area (Å²) in [5.74, 6) is -0.807. The highest BCUT2D eigenvalue weighted by Crippen LogP contribution is 2.23. The minimum absolute atomic E-state index is 0.0695. The van der Waals surface area contributed by atoms with Gasteiger partial charge < -0.3 is 10.2 Å². The molecule has 0 saturated carbocycles. The lowest BCUT2D eigenvalue weighted by Crippen LogP contribution is -2.55. The van der Waals surface area contributed by atoms with E-state index in [4.69, 9.17) is 11.6 Å². The molecule has 0 unspecified atom stereocenters. The third-order valence-electron chi connectivity index (χ3n) is 5.18. The highest BCUT2D eigenvalue weighted by Gasteiger charge is 2.33. The van der Waals surface area contributed by atoms with E-state index in [1.807, 2.05) is 34.6 Å². The van der Waals surface area contributed by atoms with E-state index in [1.54, 1.807) is 48.5 Å². The Morgan fingerprint density at radius 1 is 1.06 bits per heavy atom. The molecule has 9 heteroatoms. The lowest BCUT2D eigenvalue weighted by Gasteiger charge is -2.34. The third kappa shape index (κ3) is 7.74. The van der Waals surface area contributed by atoms with Crippen LogP contribution >= 0.6 is 11.6 Å². The number of carbonyl (C=O) groups excluding carboxylic acids is 2. The van der Waals surface area contributed by atoms with E-state index in [0.717, 1.165) is 16.1 Å². The molecule has 1 atom stereocenters.